The van der Waals surface area contributed by atoms with Gasteiger partial charge in [0.05, 0.1) is 4.90 Å². The van der Waals surface area contributed by atoms with E-state index in [9.17, 15) is 8.42 Å². The quantitative estimate of drug-likeness (QED) is 0.694. The summed E-state index contributed by atoms with van der Waals surface area (Å²) in [7, 11) is -3.39. The van der Waals surface area contributed by atoms with Gasteiger partial charge in [-0.3, -0.25) is 4.98 Å². The van der Waals surface area contributed by atoms with Crippen molar-refractivity contribution in [3.63, 3.8) is 0 Å². The first-order chi connectivity index (χ1) is 12.6. The fourth-order valence-corrected chi connectivity index (χ4v) is 4.86. The second-order valence-electron chi connectivity index (χ2n) is 6.58. The first kappa shape index (κ1) is 16.9. The molecule has 0 aliphatic carbocycles. The van der Waals surface area contributed by atoms with Crippen LogP contribution in [0, 0.1) is 12.8 Å². The fourth-order valence-electron chi connectivity index (χ4n) is 3.25. The van der Waals surface area contributed by atoms with Crippen LogP contribution in [-0.4, -0.2) is 40.3 Å². The van der Waals surface area contributed by atoms with Gasteiger partial charge in [-0.05, 0) is 31.2 Å². The molecule has 4 rings (SSSR count). The molecule has 0 unspecified atom stereocenters. The number of nitrogens with zero attached hydrogens (tertiary/aromatic N) is 4. The van der Waals surface area contributed by atoms with Gasteiger partial charge in [-0.25, -0.2) is 13.4 Å². The standard InChI is InChI=1S/C19H20N4O2S/c1-15-10-21-19(17-6-5-9-20-11-17)23(15)14-16-12-22(13-16)26(24,25)18-7-3-2-4-8-18/h2-11,16H,12-14H2,1H3. The van der Waals surface area contributed by atoms with E-state index in [1.807, 2.05) is 31.3 Å². The molecule has 0 spiro atoms. The van der Waals surface area contributed by atoms with Crippen molar-refractivity contribution in [3.05, 3.63) is 66.7 Å². The molecule has 0 N–H and O–H groups in total. The van der Waals surface area contributed by atoms with E-state index in [0.717, 1.165) is 23.6 Å². The largest absolute Gasteiger partial charge is 0.328 e. The molecule has 1 fully saturated rings. The molecule has 0 amide bonds. The van der Waals surface area contributed by atoms with E-state index in [1.54, 1.807) is 41.0 Å². The maximum atomic E-state index is 12.6. The summed E-state index contributed by atoms with van der Waals surface area (Å²) in [5, 5.41) is 0. The molecule has 0 bridgehead atoms. The number of aryl methyl sites for hydroxylation is 1. The predicted octanol–water partition coefficient (Wildman–Crippen LogP) is 2.57. The lowest BCUT2D eigenvalue weighted by Gasteiger charge is -2.38. The number of aromatic nitrogens is 3. The maximum absolute atomic E-state index is 12.6. The number of pyridine rings is 1. The van der Waals surface area contributed by atoms with Gasteiger partial charge in [0.1, 0.15) is 5.82 Å². The minimum Gasteiger partial charge on any atom is -0.328 e. The zero-order valence-corrected chi connectivity index (χ0v) is 15.3. The number of hydrogen-bond donors (Lipinski definition) is 0. The normalized spacial score (nSPS) is 15.7. The molecule has 134 valence electrons. The van der Waals surface area contributed by atoms with Crippen molar-refractivity contribution in [2.24, 2.45) is 5.92 Å². The molecule has 2 aromatic heterocycles. The Morgan fingerprint density at radius 3 is 2.54 bits per heavy atom. The third kappa shape index (κ3) is 3.04. The number of imidazole rings is 1. The zero-order valence-electron chi connectivity index (χ0n) is 14.5. The molecule has 3 aromatic rings. The Morgan fingerprint density at radius 2 is 1.85 bits per heavy atom. The first-order valence-electron chi connectivity index (χ1n) is 8.53. The summed E-state index contributed by atoms with van der Waals surface area (Å²) in [6.45, 7) is 3.82. The van der Waals surface area contributed by atoms with E-state index >= 15 is 0 Å². The lowest BCUT2D eigenvalue weighted by Crippen LogP contribution is -2.51. The SMILES string of the molecule is Cc1cnc(-c2cccnc2)n1CC1CN(S(=O)(=O)c2ccccc2)C1. The van der Waals surface area contributed by atoms with Gasteiger partial charge in [0, 0.05) is 55.4 Å². The van der Waals surface area contributed by atoms with Crippen LogP contribution in [0.3, 0.4) is 0 Å². The molecule has 6 nitrogen and oxygen atoms in total. The average Bonchev–Trinajstić information content (AvgIpc) is 2.99. The number of hydrogen-bond acceptors (Lipinski definition) is 4. The van der Waals surface area contributed by atoms with E-state index in [4.69, 9.17) is 0 Å². The Balaban J connectivity index is 1.48. The van der Waals surface area contributed by atoms with Gasteiger partial charge in [0.2, 0.25) is 10.0 Å². The van der Waals surface area contributed by atoms with Gasteiger partial charge >= 0.3 is 0 Å². The third-order valence-corrected chi connectivity index (χ3v) is 6.57. The van der Waals surface area contributed by atoms with Gasteiger partial charge in [-0.15, -0.1) is 0 Å². The van der Waals surface area contributed by atoms with Crippen LogP contribution in [0.4, 0.5) is 0 Å². The maximum Gasteiger partial charge on any atom is 0.243 e. The molecule has 1 aliphatic heterocycles. The Labute approximate surface area is 153 Å². The summed E-state index contributed by atoms with van der Waals surface area (Å²) in [6, 6.07) is 12.5. The van der Waals surface area contributed by atoms with Crippen molar-refractivity contribution in [1.82, 2.24) is 18.8 Å². The van der Waals surface area contributed by atoms with Crippen LogP contribution < -0.4 is 0 Å². The van der Waals surface area contributed by atoms with Crippen LogP contribution in [0.1, 0.15) is 5.69 Å². The lowest BCUT2D eigenvalue weighted by atomic mass is 10.0. The second-order valence-corrected chi connectivity index (χ2v) is 8.51. The third-order valence-electron chi connectivity index (χ3n) is 4.72. The van der Waals surface area contributed by atoms with Crippen LogP contribution in [0.25, 0.3) is 11.4 Å². The molecule has 1 aromatic carbocycles. The van der Waals surface area contributed by atoms with Crippen molar-refractivity contribution in [2.45, 2.75) is 18.4 Å². The van der Waals surface area contributed by atoms with E-state index < -0.39 is 10.0 Å². The van der Waals surface area contributed by atoms with E-state index in [2.05, 4.69) is 14.5 Å². The van der Waals surface area contributed by atoms with Crippen molar-refractivity contribution in [2.75, 3.05) is 13.1 Å². The highest BCUT2D eigenvalue weighted by molar-refractivity contribution is 7.89. The Hall–Kier alpha value is -2.51. The fraction of sp³-hybridized carbons (Fsp3) is 0.263. The van der Waals surface area contributed by atoms with Gasteiger partial charge in [-0.1, -0.05) is 18.2 Å². The molecule has 26 heavy (non-hydrogen) atoms. The molecule has 1 saturated heterocycles. The number of sulfonamides is 1. The van der Waals surface area contributed by atoms with Gasteiger partial charge in [-0.2, -0.15) is 4.31 Å². The van der Waals surface area contributed by atoms with Gasteiger partial charge in [0.15, 0.2) is 0 Å². The summed E-state index contributed by atoms with van der Waals surface area (Å²) in [5.74, 6) is 1.15. The highest BCUT2D eigenvalue weighted by atomic mass is 32.2. The minimum atomic E-state index is -3.39. The van der Waals surface area contributed by atoms with Gasteiger partial charge in [0.25, 0.3) is 0 Å². The van der Waals surface area contributed by atoms with Crippen LogP contribution >= 0.6 is 0 Å². The van der Waals surface area contributed by atoms with Crippen molar-refractivity contribution >= 4 is 10.0 Å². The Morgan fingerprint density at radius 1 is 1.08 bits per heavy atom. The topological polar surface area (TPSA) is 68.1 Å². The minimum absolute atomic E-state index is 0.275. The first-order valence-corrected chi connectivity index (χ1v) is 9.97. The highest BCUT2D eigenvalue weighted by Crippen LogP contribution is 2.28. The summed E-state index contributed by atoms with van der Waals surface area (Å²) in [6.07, 6.45) is 5.38. The molecular formula is C19H20N4O2S. The van der Waals surface area contributed by atoms with Crippen molar-refractivity contribution in [1.29, 1.82) is 0 Å². The molecule has 3 heterocycles. The number of benzene rings is 1. The number of rotatable bonds is 5. The smallest absolute Gasteiger partial charge is 0.243 e. The molecule has 0 saturated carbocycles. The summed E-state index contributed by atoms with van der Waals surface area (Å²) in [5.41, 5.74) is 2.03. The molecule has 7 heteroatoms. The van der Waals surface area contributed by atoms with E-state index in [1.165, 1.54) is 0 Å². The summed E-state index contributed by atoms with van der Waals surface area (Å²) < 4.78 is 28.9. The Kier molecular flexibility index (Phi) is 4.34. The molecule has 0 atom stereocenters. The van der Waals surface area contributed by atoms with E-state index in [-0.39, 0.29) is 5.92 Å². The van der Waals surface area contributed by atoms with Crippen LogP contribution in [0.5, 0.6) is 0 Å². The van der Waals surface area contributed by atoms with Crippen LogP contribution in [0.2, 0.25) is 0 Å². The van der Waals surface area contributed by atoms with Gasteiger partial charge < -0.3 is 4.57 Å². The highest BCUT2D eigenvalue weighted by Gasteiger charge is 2.37. The molecule has 1 aliphatic rings. The van der Waals surface area contributed by atoms with Crippen molar-refractivity contribution < 1.29 is 8.42 Å². The van der Waals surface area contributed by atoms with E-state index in [0.29, 0.717) is 18.0 Å². The zero-order chi connectivity index (χ0) is 18.1. The van der Waals surface area contributed by atoms with Crippen LogP contribution in [0.15, 0.2) is 66.0 Å². The van der Waals surface area contributed by atoms with Crippen LogP contribution in [-0.2, 0) is 16.6 Å². The summed E-state index contributed by atoms with van der Waals surface area (Å²) >= 11 is 0. The molecule has 0 radical (unpaired) electrons. The second kappa shape index (κ2) is 6.66. The average molecular weight is 368 g/mol. The molecular weight excluding hydrogens is 348 g/mol. The lowest BCUT2D eigenvalue weighted by molar-refractivity contribution is 0.179. The Bertz CT molecular complexity index is 995. The monoisotopic (exact) mass is 368 g/mol. The summed E-state index contributed by atoms with van der Waals surface area (Å²) in [4.78, 5) is 9.02. The van der Waals surface area contributed by atoms with Crippen molar-refractivity contribution in [3.8, 4) is 11.4 Å². The predicted molar refractivity (Wildman–Crippen MR) is 98.9 cm³/mol.